The number of morpholine rings is 1. The monoisotopic (exact) mass is 410 g/mol. The summed E-state index contributed by atoms with van der Waals surface area (Å²) in [5.74, 6) is 0.182. The maximum absolute atomic E-state index is 12.1. The van der Waals surface area contributed by atoms with Crippen molar-refractivity contribution in [2.45, 2.75) is 25.5 Å². The largest absolute Gasteiger partial charge is 0.482 e. The third-order valence-electron chi connectivity index (χ3n) is 5.23. The first kappa shape index (κ1) is 20.4. The lowest BCUT2D eigenvalue weighted by atomic mass is 10.0. The second kappa shape index (κ2) is 9.73. The van der Waals surface area contributed by atoms with Crippen molar-refractivity contribution in [3.8, 4) is 5.75 Å². The Kier molecular flexibility index (Phi) is 6.61. The fourth-order valence-corrected chi connectivity index (χ4v) is 3.69. The van der Waals surface area contributed by atoms with Crippen LogP contribution in [-0.2, 0) is 32.0 Å². The van der Waals surface area contributed by atoms with E-state index in [-0.39, 0.29) is 25.2 Å². The van der Waals surface area contributed by atoms with Crippen LogP contribution in [0.2, 0.25) is 0 Å². The normalized spacial score (nSPS) is 18.9. The molecule has 0 aliphatic carbocycles. The first-order valence-electron chi connectivity index (χ1n) is 10.2. The zero-order chi connectivity index (χ0) is 20.8. The maximum atomic E-state index is 12.1. The molecule has 2 heterocycles. The Balaban J connectivity index is 1.20. The van der Waals surface area contributed by atoms with E-state index in [9.17, 15) is 9.59 Å². The Morgan fingerprint density at radius 2 is 2.03 bits per heavy atom. The molecule has 1 amide bonds. The minimum Gasteiger partial charge on any atom is -0.482 e. The number of fused-ring (bicyclic) bond motifs is 1. The summed E-state index contributed by atoms with van der Waals surface area (Å²) in [4.78, 5) is 25.8. The predicted molar refractivity (Wildman–Crippen MR) is 111 cm³/mol. The molecule has 2 aromatic rings. The number of anilines is 1. The maximum Gasteiger partial charge on any atom is 0.344 e. The van der Waals surface area contributed by atoms with Crippen molar-refractivity contribution in [1.82, 2.24) is 4.90 Å². The molecule has 7 nitrogen and oxygen atoms in total. The summed E-state index contributed by atoms with van der Waals surface area (Å²) < 4.78 is 16.7. The number of amides is 1. The fraction of sp³-hybridized carbons (Fsp3) is 0.391. The van der Waals surface area contributed by atoms with E-state index in [1.807, 2.05) is 24.3 Å². The van der Waals surface area contributed by atoms with Gasteiger partial charge >= 0.3 is 5.97 Å². The third-order valence-corrected chi connectivity index (χ3v) is 5.23. The standard InChI is InChI=1S/C23H26N2O5/c26-22-9-6-18-12-19(7-8-21(18)24-22)29-16-23(27)30-15-20-14-25(10-11-28-20)13-17-4-2-1-3-5-17/h1-5,7-8,12,20H,6,9-11,13-16H2,(H,24,26). The van der Waals surface area contributed by atoms with Gasteiger partial charge in [-0.05, 0) is 35.7 Å². The summed E-state index contributed by atoms with van der Waals surface area (Å²) in [5.41, 5.74) is 3.07. The average Bonchev–Trinajstić information content (AvgIpc) is 2.77. The number of esters is 1. The molecule has 1 atom stereocenters. The molecule has 2 aliphatic heterocycles. The smallest absolute Gasteiger partial charge is 0.344 e. The SMILES string of the molecule is O=C1CCc2cc(OCC(=O)OCC3CN(Cc4ccccc4)CCO3)ccc2N1. The summed E-state index contributed by atoms with van der Waals surface area (Å²) in [7, 11) is 0. The quantitative estimate of drug-likeness (QED) is 0.707. The second-order valence-electron chi connectivity index (χ2n) is 7.55. The third kappa shape index (κ3) is 5.58. The molecule has 30 heavy (non-hydrogen) atoms. The minimum absolute atomic E-state index is 0.0204. The number of hydrogen-bond donors (Lipinski definition) is 1. The van der Waals surface area contributed by atoms with Gasteiger partial charge in [-0.15, -0.1) is 0 Å². The van der Waals surface area contributed by atoms with Crippen molar-refractivity contribution < 1.29 is 23.8 Å². The number of hydrogen-bond acceptors (Lipinski definition) is 6. The first-order valence-corrected chi connectivity index (χ1v) is 10.2. The average molecular weight is 410 g/mol. The van der Waals surface area contributed by atoms with Crippen LogP contribution in [0.1, 0.15) is 17.5 Å². The van der Waals surface area contributed by atoms with Crippen LogP contribution < -0.4 is 10.1 Å². The van der Waals surface area contributed by atoms with Gasteiger partial charge in [0, 0.05) is 31.7 Å². The van der Waals surface area contributed by atoms with Crippen LogP contribution in [-0.4, -0.2) is 55.8 Å². The number of rotatable bonds is 7. The van der Waals surface area contributed by atoms with Crippen LogP contribution in [0.3, 0.4) is 0 Å². The molecule has 0 radical (unpaired) electrons. The Morgan fingerprint density at radius 3 is 2.90 bits per heavy atom. The molecular weight excluding hydrogens is 384 g/mol. The highest BCUT2D eigenvalue weighted by atomic mass is 16.6. The van der Waals surface area contributed by atoms with Gasteiger partial charge in [0.1, 0.15) is 18.5 Å². The van der Waals surface area contributed by atoms with Crippen molar-refractivity contribution >= 4 is 17.6 Å². The van der Waals surface area contributed by atoms with E-state index in [1.165, 1.54) is 5.56 Å². The zero-order valence-electron chi connectivity index (χ0n) is 16.8. The van der Waals surface area contributed by atoms with Gasteiger partial charge in [-0.1, -0.05) is 30.3 Å². The fourth-order valence-electron chi connectivity index (χ4n) is 3.69. The van der Waals surface area contributed by atoms with Crippen molar-refractivity contribution in [3.05, 3.63) is 59.7 Å². The number of benzene rings is 2. The minimum atomic E-state index is -0.426. The van der Waals surface area contributed by atoms with Gasteiger partial charge < -0.3 is 19.5 Å². The van der Waals surface area contributed by atoms with E-state index in [2.05, 4.69) is 22.3 Å². The van der Waals surface area contributed by atoms with Gasteiger partial charge in [-0.25, -0.2) is 4.79 Å². The summed E-state index contributed by atoms with van der Waals surface area (Å²) in [5, 5.41) is 2.82. The number of carbonyl (C=O) groups is 2. The summed E-state index contributed by atoms with van der Waals surface area (Å²) in [6.07, 6.45) is 0.987. The second-order valence-corrected chi connectivity index (χ2v) is 7.55. The van der Waals surface area contributed by atoms with Gasteiger partial charge in [0.2, 0.25) is 5.91 Å². The van der Waals surface area contributed by atoms with Gasteiger partial charge in [0.25, 0.3) is 0 Å². The van der Waals surface area contributed by atoms with Gasteiger partial charge in [-0.3, -0.25) is 9.69 Å². The van der Waals surface area contributed by atoms with E-state index < -0.39 is 5.97 Å². The summed E-state index contributed by atoms with van der Waals surface area (Å²) in [6.45, 7) is 3.11. The molecule has 1 N–H and O–H groups in total. The number of nitrogens with zero attached hydrogens (tertiary/aromatic N) is 1. The van der Waals surface area contributed by atoms with Gasteiger partial charge in [-0.2, -0.15) is 0 Å². The Bertz CT molecular complexity index is 886. The van der Waals surface area contributed by atoms with Crippen LogP contribution in [0, 0.1) is 0 Å². The van der Waals surface area contributed by atoms with Crippen LogP contribution >= 0.6 is 0 Å². The number of ether oxygens (including phenoxy) is 3. The number of aryl methyl sites for hydroxylation is 1. The Morgan fingerprint density at radius 1 is 1.17 bits per heavy atom. The molecule has 4 rings (SSSR count). The Hall–Kier alpha value is -2.90. The molecule has 2 aliphatic rings. The van der Waals surface area contributed by atoms with Crippen LogP contribution in [0.5, 0.6) is 5.75 Å². The summed E-state index contributed by atoms with van der Waals surface area (Å²) in [6, 6.07) is 15.7. The molecule has 1 unspecified atom stereocenters. The highest BCUT2D eigenvalue weighted by molar-refractivity contribution is 5.94. The predicted octanol–water partition coefficient (Wildman–Crippen LogP) is 2.39. The van der Waals surface area contributed by atoms with Crippen molar-refractivity contribution in [3.63, 3.8) is 0 Å². The highest BCUT2D eigenvalue weighted by Gasteiger charge is 2.22. The number of carbonyl (C=O) groups excluding carboxylic acids is 2. The van der Waals surface area contributed by atoms with Crippen molar-refractivity contribution in [2.75, 3.05) is 38.2 Å². The van der Waals surface area contributed by atoms with Crippen molar-refractivity contribution in [1.29, 1.82) is 0 Å². The first-order chi connectivity index (χ1) is 14.7. The highest BCUT2D eigenvalue weighted by Crippen LogP contribution is 2.26. The van der Waals surface area contributed by atoms with Gasteiger partial charge in [0.05, 0.1) is 6.61 Å². The molecular formula is C23H26N2O5. The molecule has 1 saturated heterocycles. The Labute approximate surface area is 175 Å². The summed E-state index contributed by atoms with van der Waals surface area (Å²) >= 11 is 0. The lowest BCUT2D eigenvalue weighted by Crippen LogP contribution is -2.44. The molecule has 0 spiro atoms. The van der Waals surface area contributed by atoms with Crippen LogP contribution in [0.25, 0.3) is 0 Å². The lowest BCUT2D eigenvalue weighted by molar-refractivity contribution is -0.152. The van der Waals surface area contributed by atoms with Crippen LogP contribution in [0.4, 0.5) is 5.69 Å². The van der Waals surface area contributed by atoms with Gasteiger partial charge in [0.15, 0.2) is 6.61 Å². The molecule has 1 fully saturated rings. The lowest BCUT2D eigenvalue weighted by Gasteiger charge is -2.32. The van der Waals surface area contributed by atoms with Crippen molar-refractivity contribution in [2.24, 2.45) is 0 Å². The molecule has 0 bridgehead atoms. The molecule has 158 valence electrons. The molecule has 2 aromatic carbocycles. The van der Waals surface area contributed by atoms with E-state index in [4.69, 9.17) is 14.2 Å². The van der Waals surface area contributed by atoms with E-state index in [0.717, 1.165) is 30.9 Å². The number of nitrogens with one attached hydrogen (secondary N) is 1. The molecule has 7 heteroatoms. The van der Waals surface area contributed by atoms with E-state index in [0.29, 0.717) is 25.2 Å². The topological polar surface area (TPSA) is 77.1 Å². The van der Waals surface area contributed by atoms with E-state index in [1.54, 1.807) is 12.1 Å². The zero-order valence-corrected chi connectivity index (χ0v) is 16.8. The molecule has 0 saturated carbocycles. The molecule has 0 aromatic heterocycles. The van der Waals surface area contributed by atoms with Crippen LogP contribution in [0.15, 0.2) is 48.5 Å². The van der Waals surface area contributed by atoms with E-state index >= 15 is 0 Å².